The van der Waals surface area contributed by atoms with Crippen LogP contribution >= 0.6 is 0 Å². The molecule has 0 N–H and O–H groups in total. The van der Waals surface area contributed by atoms with Crippen LogP contribution in [0.25, 0.3) is 0 Å². The van der Waals surface area contributed by atoms with E-state index in [9.17, 15) is 0 Å². The van der Waals surface area contributed by atoms with E-state index < -0.39 is 61.4 Å². The Labute approximate surface area is 358 Å². The van der Waals surface area contributed by atoms with Crippen LogP contribution in [0.2, 0.25) is 62.5 Å². The summed E-state index contributed by atoms with van der Waals surface area (Å²) in [5, 5.41) is 0. The normalized spacial score (nSPS) is 23.8. The highest BCUT2D eigenvalue weighted by Gasteiger charge is 2.51. The second kappa shape index (κ2) is 30.1. The van der Waals surface area contributed by atoms with Gasteiger partial charge in [-0.25, -0.2) is 0 Å². The highest BCUT2D eigenvalue weighted by Crippen LogP contribution is 2.36. The first-order valence-corrected chi connectivity index (χ1v) is 37.4. The smallest absolute Gasteiger partial charge is 0.418 e. The van der Waals surface area contributed by atoms with Crippen molar-refractivity contribution in [1.29, 1.82) is 0 Å². The molecule has 1 aliphatic heterocycles. The van der Waals surface area contributed by atoms with E-state index in [2.05, 4.69) is 26.2 Å². The molecule has 0 aromatic rings. The minimum Gasteiger partial charge on any atom is -0.418 e. The van der Waals surface area contributed by atoms with Crippen molar-refractivity contribution < 1.29 is 56.3 Å². The zero-order valence-electron chi connectivity index (χ0n) is 38.9. The molecular formula is C37H88O13Si7. The Hall–Kier alpha value is 0.998. The summed E-state index contributed by atoms with van der Waals surface area (Å²) < 4.78 is 78.9. The van der Waals surface area contributed by atoms with Crippen LogP contribution in [-0.4, -0.2) is 125 Å². The average molecular weight is 938 g/mol. The van der Waals surface area contributed by atoms with Crippen molar-refractivity contribution >= 4 is 61.4 Å². The molecule has 0 aliphatic carbocycles. The van der Waals surface area contributed by atoms with Crippen LogP contribution in [0, 0.1) is 0 Å². The molecule has 1 aliphatic rings. The second-order valence-electron chi connectivity index (χ2n) is 16.2. The van der Waals surface area contributed by atoms with Crippen LogP contribution < -0.4 is 0 Å². The van der Waals surface area contributed by atoms with Gasteiger partial charge in [0, 0.05) is 82.1 Å². The van der Waals surface area contributed by atoms with Gasteiger partial charge >= 0.3 is 61.4 Å². The van der Waals surface area contributed by atoms with E-state index in [1.54, 1.807) is 64.0 Å². The molecule has 57 heavy (non-hydrogen) atoms. The van der Waals surface area contributed by atoms with Crippen molar-refractivity contribution in [3.8, 4) is 0 Å². The van der Waals surface area contributed by atoms with Gasteiger partial charge in [0.1, 0.15) is 0 Å². The molecule has 0 radical (unpaired) electrons. The zero-order chi connectivity index (χ0) is 42.7. The lowest BCUT2D eigenvalue weighted by Crippen LogP contribution is -2.63. The molecule has 0 aromatic carbocycles. The molecule has 0 aromatic heterocycles. The average Bonchev–Trinajstić information content (AvgIpc) is 3.19. The van der Waals surface area contributed by atoms with Crippen molar-refractivity contribution in [2.24, 2.45) is 0 Å². The number of hydrogen-bond acceptors (Lipinski definition) is 13. The van der Waals surface area contributed by atoms with Gasteiger partial charge in [-0.1, -0.05) is 96.3 Å². The largest absolute Gasteiger partial charge is 0.500 e. The van der Waals surface area contributed by atoms with Crippen LogP contribution in [-0.2, 0) is 56.3 Å². The molecule has 0 spiro atoms. The Morgan fingerprint density at radius 1 is 0.333 bits per heavy atom. The first-order chi connectivity index (χ1) is 27.2. The maximum Gasteiger partial charge on any atom is 0.500 e. The second-order valence-corrected chi connectivity index (χ2v) is 38.4. The molecule has 1 fully saturated rings. The lowest BCUT2D eigenvalue weighted by Gasteiger charge is -2.47. The van der Waals surface area contributed by atoms with Crippen LogP contribution in [0.1, 0.15) is 116 Å². The van der Waals surface area contributed by atoms with Crippen molar-refractivity contribution in [3.05, 3.63) is 0 Å². The Morgan fingerprint density at radius 2 is 0.544 bits per heavy atom. The minimum absolute atomic E-state index is 0.857. The van der Waals surface area contributed by atoms with Gasteiger partial charge in [-0.15, -0.1) is 0 Å². The van der Waals surface area contributed by atoms with Crippen molar-refractivity contribution in [2.45, 2.75) is 178 Å². The summed E-state index contributed by atoms with van der Waals surface area (Å²) in [6, 6.07) is 5.54. The molecule has 0 amide bonds. The van der Waals surface area contributed by atoms with E-state index in [4.69, 9.17) is 56.3 Å². The predicted molar refractivity (Wildman–Crippen MR) is 244 cm³/mol. The van der Waals surface area contributed by atoms with Crippen molar-refractivity contribution in [1.82, 2.24) is 0 Å². The monoisotopic (exact) mass is 936 g/mol. The first kappa shape index (κ1) is 56.0. The van der Waals surface area contributed by atoms with Crippen molar-refractivity contribution in [3.63, 3.8) is 0 Å². The molecular weight excluding hydrogens is 849 g/mol. The Morgan fingerprint density at radius 3 is 0.789 bits per heavy atom. The summed E-state index contributed by atoms with van der Waals surface area (Å²) >= 11 is 0. The van der Waals surface area contributed by atoms with Gasteiger partial charge in [-0.2, -0.15) is 0 Å². The standard InChI is InChI=1S/C37H88O13Si7/c1-38-55(39-2,40-3)35-29-23-17-14-20-26-32-52(11)47-51(10)48-53(12,33-27-21-15-18-24-30-36-56(41-4,42-5)43-6)50-54(13,49-52)34-28-22-16-19-25-31-37-57(44-7,45-8)46-9/h51H,14-37H2,1-13H3. The number of rotatable bonds is 36. The van der Waals surface area contributed by atoms with Crippen LogP contribution in [0.4, 0.5) is 0 Å². The van der Waals surface area contributed by atoms with Gasteiger partial charge in [0.2, 0.25) is 0 Å². The summed E-state index contributed by atoms with van der Waals surface area (Å²) in [5.74, 6) is 0. The lowest BCUT2D eigenvalue weighted by atomic mass is 10.1. The van der Waals surface area contributed by atoms with E-state index >= 15 is 0 Å². The van der Waals surface area contributed by atoms with Gasteiger partial charge in [-0.3, -0.25) is 0 Å². The third-order valence-electron chi connectivity index (χ3n) is 11.6. The third kappa shape index (κ3) is 21.8. The molecule has 20 heteroatoms. The first-order valence-electron chi connectivity index (χ1n) is 21.9. The Kier molecular flexibility index (Phi) is 29.6. The van der Waals surface area contributed by atoms with Gasteiger partial charge < -0.3 is 56.3 Å². The SMILES string of the molecule is CO[Si](CCCCCCCC[Si]1(C)O[SiH](C)O[Si](C)(CCCCCCCC[Si](OC)(OC)OC)O[Si](C)(CCCCCCCC[Si](OC)(OC)OC)O1)(OC)OC. The summed E-state index contributed by atoms with van der Waals surface area (Å²) in [7, 11) is -1.75. The zero-order valence-corrected chi connectivity index (χ0v) is 46.0. The van der Waals surface area contributed by atoms with E-state index in [0.717, 1.165) is 94.1 Å². The van der Waals surface area contributed by atoms with Crippen LogP contribution in [0.3, 0.4) is 0 Å². The quantitative estimate of drug-likeness (QED) is 0.0439. The molecule has 2 atom stereocenters. The van der Waals surface area contributed by atoms with Gasteiger partial charge in [-0.05, 0) is 63.6 Å². The van der Waals surface area contributed by atoms with E-state index in [1.165, 1.54) is 57.8 Å². The molecule has 2 unspecified atom stereocenters. The minimum atomic E-state index is -2.58. The van der Waals surface area contributed by atoms with E-state index in [1.807, 2.05) is 0 Å². The predicted octanol–water partition coefficient (Wildman–Crippen LogP) is 9.79. The highest BCUT2D eigenvalue weighted by molar-refractivity contribution is 6.90. The summed E-state index contributed by atoms with van der Waals surface area (Å²) in [6.45, 7) is 9.07. The molecule has 342 valence electrons. The van der Waals surface area contributed by atoms with E-state index in [0.29, 0.717) is 0 Å². The van der Waals surface area contributed by atoms with Crippen molar-refractivity contribution in [2.75, 3.05) is 64.0 Å². The molecule has 1 saturated heterocycles. The summed E-state index contributed by atoms with van der Waals surface area (Å²) in [6.07, 6.45) is 20.7. The maximum absolute atomic E-state index is 7.32. The number of unbranched alkanes of at least 4 members (excludes halogenated alkanes) is 15. The summed E-state index contributed by atoms with van der Waals surface area (Å²) in [5.41, 5.74) is 0. The summed E-state index contributed by atoms with van der Waals surface area (Å²) in [4.78, 5) is 0. The Balaban J connectivity index is 2.77. The fraction of sp³-hybridized carbons (Fsp3) is 1.00. The molecule has 1 rings (SSSR count). The van der Waals surface area contributed by atoms with E-state index in [-0.39, 0.29) is 0 Å². The van der Waals surface area contributed by atoms with Gasteiger partial charge in [0.05, 0.1) is 0 Å². The fourth-order valence-corrected chi connectivity index (χ4v) is 34.2. The molecule has 1 heterocycles. The van der Waals surface area contributed by atoms with Gasteiger partial charge in [0.15, 0.2) is 0 Å². The number of hydrogen-bond donors (Lipinski definition) is 0. The van der Waals surface area contributed by atoms with Gasteiger partial charge in [0.25, 0.3) is 0 Å². The molecule has 0 bridgehead atoms. The topological polar surface area (TPSA) is 120 Å². The third-order valence-corrected chi connectivity index (χ3v) is 37.4. The Bertz CT molecular complexity index is 923. The molecule has 13 nitrogen and oxygen atoms in total. The highest BCUT2D eigenvalue weighted by atomic mass is 28.5. The van der Waals surface area contributed by atoms with Crippen LogP contribution in [0.15, 0.2) is 0 Å². The molecule has 0 saturated carbocycles. The lowest BCUT2D eigenvalue weighted by molar-refractivity contribution is 0.122. The maximum atomic E-state index is 7.32. The fourth-order valence-electron chi connectivity index (χ4n) is 8.18. The van der Waals surface area contributed by atoms with Crippen LogP contribution in [0.5, 0.6) is 0 Å².